The Morgan fingerprint density at radius 1 is 0.393 bits per heavy atom. The first-order valence-electron chi connectivity index (χ1n) is 19.1. The van der Waals surface area contributed by atoms with Crippen molar-refractivity contribution in [1.29, 1.82) is 0 Å². The lowest BCUT2D eigenvalue weighted by Gasteiger charge is -2.10. The molecule has 0 N–H and O–H groups in total. The van der Waals surface area contributed by atoms with Gasteiger partial charge in [0.15, 0.2) is 34.7 Å². The van der Waals surface area contributed by atoms with Crippen molar-refractivity contribution in [2.24, 2.45) is 0 Å². The third-order valence-corrected chi connectivity index (χ3v) is 11.8. The van der Waals surface area contributed by atoms with E-state index in [9.17, 15) is 38.4 Å². The maximum absolute atomic E-state index is 14.0. The zero-order chi connectivity index (χ0) is 41.8. The van der Waals surface area contributed by atoms with Gasteiger partial charge in [-0.3, -0.25) is 28.8 Å². The molecular formula is C49H24N2O10. The Labute approximate surface area is 343 Å². The number of benzene rings is 6. The number of carbonyl (C=O) groups excluding carboxylic acids is 8. The number of ether oxygens (including phenoxy) is 1. The summed E-state index contributed by atoms with van der Waals surface area (Å²) in [7, 11) is 0. The number of hydrogen-bond acceptors (Lipinski definition) is 12. The highest BCUT2D eigenvalue weighted by molar-refractivity contribution is 6.33. The van der Waals surface area contributed by atoms with Crippen molar-refractivity contribution in [3.05, 3.63) is 177 Å². The van der Waals surface area contributed by atoms with E-state index in [0.29, 0.717) is 55.6 Å². The maximum atomic E-state index is 14.0. The molecule has 7 aromatic rings. The van der Waals surface area contributed by atoms with Crippen LogP contribution < -0.4 is 0 Å². The summed E-state index contributed by atoms with van der Waals surface area (Å²) >= 11 is 0. The fourth-order valence-corrected chi connectivity index (χ4v) is 8.84. The summed E-state index contributed by atoms with van der Waals surface area (Å²) in [5.74, 6) is -5.32. The monoisotopic (exact) mass is 800 g/mol. The van der Waals surface area contributed by atoms with Gasteiger partial charge in [-0.1, -0.05) is 78.9 Å². The van der Waals surface area contributed by atoms with Crippen molar-refractivity contribution < 1.29 is 47.5 Å². The smallest absolute Gasteiger partial charge is 0.346 e. The van der Waals surface area contributed by atoms with Crippen molar-refractivity contribution in [2.75, 3.05) is 0 Å². The quantitative estimate of drug-likeness (QED) is 0.116. The molecule has 1 aliphatic heterocycles. The van der Waals surface area contributed by atoms with Crippen LogP contribution >= 0.6 is 0 Å². The van der Waals surface area contributed by atoms with Crippen LogP contribution in [0.5, 0.6) is 0 Å². The van der Waals surface area contributed by atoms with E-state index in [1.807, 2.05) is 0 Å². The number of Topliss-reactive ketones (excluding diaryl/α,β-unsaturated/α-hetero) is 6. The van der Waals surface area contributed by atoms with Crippen LogP contribution in [0.3, 0.4) is 0 Å². The van der Waals surface area contributed by atoms with Gasteiger partial charge in [-0.05, 0) is 75.8 Å². The lowest BCUT2D eigenvalue weighted by atomic mass is 9.91. The molecule has 2 unspecified atom stereocenters. The largest absolute Gasteiger partial charge is 0.416 e. The molecule has 1 aromatic heterocycles. The van der Waals surface area contributed by atoms with Gasteiger partial charge >= 0.3 is 11.9 Å². The number of hydrogen-bond donors (Lipinski definition) is 0. The Balaban J connectivity index is 0.818. The first-order valence-corrected chi connectivity index (χ1v) is 19.1. The maximum Gasteiger partial charge on any atom is 0.346 e. The third kappa shape index (κ3) is 5.32. The highest BCUT2D eigenvalue weighted by Gasteiger charge is 2.43. The summed E-state index contributed by atoms with van der Waals surface area (Å²) in [6.07, 6.45) is -0.183. The van der Waals surface area contributed by atoms with E-state index in [4.69, 9.17) is 9.15 Å². The minimum atomic E-state index is -1.10. The highest BCUT2D eigenvalue weighted by atomic mass is 16.6. The van der Waals surface area contributed by atoms with E-state index >= 15 is 0 Å². The van der Waals surface area contributed by atoms with Crippen molar-refractivity contribution in [3.8, 4) is 45.2 Å². The topological polar surface area (TPSA) is 185 Å². The summed E-state index contributed by atoms with van der Waals surface area (Å²) in [4.78, 5) is 104. The predicted octanol–water partition coefficient (Wildman–Crippen LogP) is 8.14. The standard InChI is InChI=1S/C49H24N2O10/c52-36-21-37(53)34-19-26(15-17-30(34)36)28-3-1-5-32-40(28)44(56)38(42(32)54)22-7-11-24(12-8-22)46-50-51-47(60-46)25-13-9-23(10-14-25)39-43(55)33-6-2-4-29(41(33)45(39)57)27-16-18-31-35(20-27)49(59)61-48(31)58/h1-20,38-39H,21H2. The molecule has 0 fully saturated rings. The van der Waals surface area contributed by atoms with Gasteiger partial charge in [0, 0.05) is 44.5 Å². The van der Waals surface area contributed by atoms with Crippen molar-refractivity contribution in [3.63, 3.8) is 0 Å². The van der Waals surface area contributed by atoms with Gasteiger partial charge in [-0.25, -0.2) is 9.59 Å². The molecule has 61 heavy (non-hydrogen) atoms. The predicted molar refractivity (Wildman–Crippen MR) is 215 cm³/mol. The number of ketones is 6. The first-order chi connectivity index (χ1) is 29.5. The van der Waals surface area contributed by atoms with Crippen LogP contribution in [-0.4, -0.2) is 56.8 Å². The van der Waals surface area contributed by atoms with Crippen LogP contribution in [-0.2, 0) is 4.74 Å². The fraction of sp³-hybridized carbons (Fsp3) is 0.0612. The van der Waals surface area contributed by atoms with E-state index < -0.39 is 29.6 Å². The van der Waals surface area contributed by atoms with Crippen LogP contribution in [0, 0.1) is 0 Å². The fourth-order valence-electron chi connectivity index (χ4n) is 8.84. The highest BCUT2D eigenvalue weighted by Crippen LogP contribution is 2.43. The molecule has 6 aromatic carbocycles. The van der Waals surface area contributed by atoms with Crippen molar-refractivity contribution in [2.45, 2.75) is 18.3 Å². The number of aromatic nitrogens is 2. The molecule has 2 heterocycles. The van der Waals surface area contributed by atoms with Gasteiger partial charge in [0.1, 0.15) is 11.8 Å². The Hall–Kier alpha value is -8.38. The number of cyclic esters (lactones) is 2. The summed E-state index contributed by atoms with van der Waals surface area (Å²) in [5, 5.41) is 8.40. The molecule has 0 saturated carbocycles. The van der Waals surface area contributed by atoms with E-state index in [1.165, 1.54) is 12.1 Å². The van der Waals surface area contributed by atoms with Crippen LogP contribution in [0.25, 0.3) is 45.2 Å². The van der Waals surface area contributed by atoms with Crippen molar-refractivity contribution >= 4 is 46.6 Å². The molecule has 0 bridgehead atoms. The Morgan fingerprint density at radius 3 is 1.34 bits per heavy atom. The van der Waals surface area contributed by atoms with Crippen molar-refractivity contribution in [1.82, 2.24) is 10.2 Å². The molecule has 0 saturated heterocycles. The van der Waals surface area contributed by atoms with Gasteiger partial charge in [0.2, 0.25) is 11.8 Å². The van der Waals surface area contributed by atoms with Gasteiger partial charge in [-0.15, -0.1) is 10.2 Å². The first kappa shape index (κ1) is 35.8. The Kier molecular flexibility index (Phi) is 7.66. The summed E-state index contributed by atoms with van der Waals surface area (Å²) in [5.41, 5.74) is 5.99. The molecule has 4 aliphatic rings. The second-order valence-electron chi connectivity index (χ2n) is 15.2. The summed E-state index contributed by atoms with van der Waals surface area (Å²) in [6, 6.07) is 32.8. The van der Waals surface area contributed by atoms with E-state index in [1.54, 1.807) is 109 Å². The SMILES string of the molecule is O=C1CC(=O)c2cc(-c3cccc4c3C(=O)C(c3ccc(-c5nnc(-c6ccc(C7C(=O)c8cccc(-c9ccc%10c(c9)C(=O)OC%10=O)c8C7=O)cc6)o5)cc3)C4=O)ccc21. The van der Waals surface area contributed by atoms with E-state index in [0.717, 1.165) is 0 Å². The molecule has 290 valence electrons. The molecule has 12 heteroatoms. The van der Waals surface area contributed by atoms with Gasteiger partial charge in [0.25, 0.3) is 0 Å². The van der Waals surface area contributed by atoms with Crippen LogP contribution in [0.2, 0.25) is 0 Å². The molecule has 0 spiro atoms. The van der Waals surface area contributed by atoms with Gasteiger partial charge in [0.05, 0.1) is 17.5 Å². The second kappa shape index (κ2) is 13.1. The van der Waals surface area contributed by atoms with Crippen LogP contribution in [0.4, 0.5) is 0 Å². The molecule has 2 atom stereocenters. The molecular weight excluding hydrogens is 777 g/mol. The lowest BCUT2D eigenvalue weighted by Crippen LogP contribution is -2.12. The zero-order valence-corrected chi connectivity index (χ0v) is 31.4. The zero-order valence-electron chi connectivity index (χ0n) is 31.4. The van der Waals surface area contributed by atoms with Gasteiger partial charge in [-0.2, -0.15) is 0 Å². The Bertz CT molecular complexity index is 3030. The molecule has 12 nitrogen and oxygen atoms in total. The molecule has 0 radical (unpaired) electrons. The molecule has 0 amide bonds. The average Bonchev–Trinajstić information content (AvgIpc) is 4.07. The second-order valence-corrected chi connectivity index (χ2v) is 15.2. The third-order valence-electron chi connectivity index (χ3n) is 11.8. The van der Waals surface area contributed by atoms with Crippen LogP contribution in [0.1, 0.15) is 112 Å². The average molecular weight is 801 g/mol. The minimum absolute atomic E-state index is 0.0949. The van der Waals surface area contributed by atoms with E-state index in [-0.39, 0.29) is 80.5 Å². The van der Waals surface area contributed by atoms with E-state index in [2.05, 4.69) is 10.2 Å². The Morgan fingerprint density at radius 2 is 0.820 bits per heavy atom. The number of esters is 2. The number of carbonyl (C=O) groups is 8. The van der Waals surface area contributed by atoms with Gasteiger partial charge < -0.3 is 9.15 Å². The number of fused-ring (bicyclic) bond motifs is 4. The summed E-state index contributed by atoms with van der Waals surface area (Å²) in [6.45, 7) is 0. The normalized spacial score (nSPS) is 17.5. The van der Waals surface area contributed by atoms with Crippen LogP contribution in [0.15, 0.2) is 126 Å². The molecule has 11 rings (SSSR count). The molecule has 3 aliphatic carbocycles. The summed E-state index contributed by atoms with van der Waals surface area (Å²) < 4.78 is 10.7. The lowest BCUT2D eigenvalue weighted by molar-refractivity contribution is 0.0442. The number of nitrogens with zero attached hydrogens (tertiary/aromatic N) is 2. The minimum Gasteiger partial charge on any atom is -0.416 e. The number of rotatable bonds is 6.